The van der Waals surface area contributed by atoms with Gasteiger partial charge in [0.05, 0.1) is 13.1 Å². The number of piperazine rings is 2. The van der Waals surface area contributed by atoms with Gasteiger partial charge in [-0.1, -0.05) is 46.3 Å². The Bertz CT molecular complexity index is 1580. The Morgan fingerprint density at radius 2 is 1.76 bits per heavy atom. The number of anilines is 1. The molecule has 0 radical (unpaired) electrons. The average molecular weight is 692 g/mol. The Balaban J connectivity index is 1.31. The Labute approximate surface area is 277 Å². The third-order valence-corrected chi connectivity index (χ3v) is 9.37. The second-order valence-electron chi connectivity index (χ2n) is 12.1. The Morgan fingerprint density at radius 3 is 2.50 bits per heavy atom. The second kappa shape index (κ2) is 13.7. The minimum absolute atomic E-state index is 0.0453. The predicted octanol–water partition coefficient (Wildman–Crippen LogP) is 2.48. The van der Waals surface area contributed by atoms with E-state index in [1.54, 1.807) is 57.3 Å². The van der Waals surface area contributed by atoms with Crippen LogP contribution in [0.1, 0.15) is 16.7 Å². The largest absolute Gasteiger partial charge is 0.508 e. The summed E-state index contributed by atoms with van der Waals surface area (Å²) in [6.45, 7) is 4.19. The van der Waals surface area contributed by atoms with Gasteiger partial charge in [-0.2, -0.15) is 0 Å². The number of pyridine rings is 1. The zero-order chi connectivity index (χ0) is 32.4. The minimum atomic E-state index is -0.839. The monoisotopic (exact) mass is 690 g/mol. The molecular weight excluding hydrogens is 652 g/mol. The number of nitrogens with zero attached hydrogens (tertiary/aromatic N) is 7. The molecule has 1 aromatic heterocycles. The van der Waals surface area contributed by atoms with Crippen molar-refractivity contribution in [3.8, 4) is 5.75 Å². The highest BCUT2D eigenvalue weighted by Gasteiger charge is 2.50. The number of hydrogen-bond donors (Lipinski definition) is 2. The first kappa shape index (κ1) is 31.8. The number of likely N-dealkylation sites (N-methyl/N-ethyl adjacent to an activating group) is 2. The fourth-order valence-corrected chi connectivity index (χ4v) is 6.92. The Hall–Kier alpha value is -4.20. The molecule has 242 valence electrons. The quantitative estimate of drug-likeness (QED) is 0.389. The van der Waals surface area contributed by atoms with Crippen molar-refractivity contribution < 1.29 is 19.5 Å². The van der Waals surface area contributed by atoms with Crippen LogP contribution in [-0.4, -0.2) is 118 Å². The summed E-state index contributed by atoms with van der Waals surface area (Å²) in [5, 5.41) is 16.1. The summed E-state index contributed by atoms with van der Waals surface area (Å²) in [7, 11) is 3.82. The molecule has 3 fully saturated rings. The lowest BCUT2D eigenvalue weighted by atomic mass is 9.98. The molecule has 12 nitrogen and oxygen atoms in total. The van der Waals surface area contributed by atoms with E-state index >= 15 is 0 Å². The zero-order valence-corrected chi connectivity index (χ0v) is 27.6. The van der Waals surface area contributed by atoms with Crippen molar-refractivity contribution >= 4 is 39.6 Å². The summed E-state index contributed by atoms with van der Waals surface area (Å²) in [4.78, 5) is 54.4. The van der Waals surface area contributed by atoms with Crippen LogP contribution >= 0.6 is 15.9 Å². The summed E-state index contributed by atoms with van der Waals surface area (Å²) in [5.41, 5.74) is 2.64. The Kier molecular flexibility index (Phi) is 9.43. The van der Waals surface area contributed by atoms with Crippen LogP contribution in [0.5, 0.6) is 5.75 Å². The van der Waals surface area contributed by atoms with Crippen LogP contribution in [-0.2, 0) is 29.1 Å². The van der Waals surface area contributed by atoms with E-state index < -0.39 is 12.2 Å². The molecule has 1 unspecified atom stereocenters. The molecule has 3 aliphatic rings. The fraction of sp³-hybridized carbons (Fsp3) is 0.394. The first-order chi connectivity index (χ1) is 22.2. The standard InChI is InChI=1S/C33H39BrN8O4/c1-37-13-15-39(16-14-37)31-25(6-4-12-35-31)20-40-21-29-41(28(32(40)45)18-23-8-10-27(43)11-9-23)30(44)22-38(2)42(29)33(46)36-19-24-5-3-7-26(34)17-24/h3-12,17,28-29,43H,13-16,18-22H2,1-2H3,(H,36,46)/t28-,29?/m0/s1. The van der Waals surface area contributed by atoms with Crippen LogP contribution in [0.3, 0.4) is 0 Å². The number of nitrogens with one attached hydrogen (secondary N) is 1. The highest BCUT2D eigenvalue weighted by Crippen LogP contribution is 2.30. The molecule has 3 saturated heterocycles. The summed E-state index contributed by atoms with van der Waals surface area (Å²) < 4.78 is 0.913. The molecular formula is C33H39BrN8O4. The number of halogens is 1. The van der Waals surface area contributed by atoms with Crippen LogP contribution in [0.2, 0.25) is 0 Å². The van der Waals surface area contributed by atoms with E-state index in [1.165, 1.54) is 0 Å². The average Bonchev–Trinajstić information content (AvgIpc) is 3.03. The number of benzene rings is 2. The van der Waals surface area contributed by atoms with Crippen molar-refractivity contribution in [2.24, 2.45) is 0 Å². The lowest BCUT2D eigenvalue weighted by molar-refractivity contribution is -0.187. The van der Waals surface area contributed by atoms with Crippen molar-refractivity contribution in [2.45, 2.75) is 31.7 Å². The minimum Gasteiger partial charge on any atom is -0.508 e. The van der Waals surface area contributed by atoms with Crippen LogP contribution in [0, 0.1) is 0 Å². The first-order valence-electron chi connectivity index (χ1n) is 15.5. The van der Waals surface area contributed by atoms with Gasteiger partial charge in [-0.3, -0.25) is 9.59 Å². The van der Waals surface area contributed by atoms with Crippen molar-refractivity contribution in [3.63, 3.8) is 0 Å². The van der Waals surface area contributed by atoms with Crippen molar-refractivity contribution in [2.75, 3.05) is 58.3 Å². The fourth-order valence-electron chi connectivity index (χ4n) is 6.47. The van der Waals surface area contributed by atoms with Crippen LogP contribution in [0.4, 0.5) is 10.6 Å². The lowest BCUT2D eigenvalue weighted by Gasteiger charge is -2.54. The number of aromatic nitrogens is 1. The van der Waals surface area contributed by atoms with Gasteiger partial charge in [0.25, 0.3) is 0 Å². The molecule has 3 aromatic rings. The van der Waals surface area contributed by atoms with E-state index in [0.717, 1.165) is 53.2 Å². The second-order valence-corrected chi connectivity index (χ2v) is 13.0. The number of carbonyl (C=O) groups is 3. The molecule has 3 aliphatic heterocycles. The Morgan fingerprint density at radius 1 is 1.00 bits per heavy atom. The first-order valence-corrected chi connectivity index (χ1v) is 16.2. The van der Waals surface area contributed by atoms with E-state index in [2.05, 4.69) is 38.1 Å². The van der Waals surface area contributed by atoms with Gasteiger partial charge in [-0.25, -0.2) is 19.8 Å². The number of urea groups is 1. The van der Waals surface area contributed by atoms with Gasteiger partial charge in [0.1, 0.15) is 23.8 Å². The van der Waals surface area contributed by atoms with E-state index in [9.17, 15) is 19.5 Å². The van der Waals surface area contributed by atoms with Gasteiger partial charge in [0.15, 0.2) is 0 Å². The summed E-state index contributed by atoms with van der Waals surface area (Å²) in [5.74, 6) is 0.557. The third kappa shape index (κ3) is 6.81. The van der Waals surface area contributed by atoms with Crippen LogP contribution < -0.4 is 10.2 Å². The summed E-state index contributed by atoms with van der Waals surface area (Å²) >= 11 is 3.48. The molecule has 46 heavy (non-hydrogen) atoms. The molecule has 13 heteroatoms. The molecule has 6 rings (SSSR count). The molecule has 0 spiro atoms. The molecule has 0 aliphatic carbocycles. The van der Waals surface area contributed by atoms with Gasteiger partial charge in [-0.05, 0) is 48.5 Å². The molecule has 2 N–H and O–H groups in total. The number of hydrazine groups is 1. The van der Waals surface area contributed by atoms with Crippen LogP contribution in [0.25, 0.3) is 0 Å². The predicted molar refractivity (Wildman–Crippen MR) is 176 cm³/mol. The molecule has 2 atom stereocenters. The smallest absolute Gasteiger partial charge is 0.334 e. The number of rotatable bonds is 7. The molecule has 2 aromatic carbocycles. The number of amides is 4. The van der Waals surface area contributed by atoms with Gasteiger partial charge in [0.2, 0.25) is 11.8 Å². The number of fused-ring (bicyclic) bond motifs is 1. The van der Waals surface area contributed by atoms with Crippen molar-refractivity contribution in [3.05, 3.63) is 88.0 Å². The van der Waals surface area contributed by atoms with Gasteiger partial charge >= 0.3 is 6.03 Å². The summed E-state index contributed by atoms with van der Waals surface area (Å²) in [6.07, 6.45) is 1.29. The highest BCUT2D eigenvalue weighted by atomic mass is 79.9. The lowest BCUT2D eigenvalue weighted by Crippen LogP contribution is -2.76. The number of phenols is 1. The van der Waals surface area contributed by atoms with Gasteiger partial charge < -0.3 is 30.0 Å². The van der Waals surface area contributed by atoms with Crippen molar-refractivity contribution in [1.29, 1.82) is 0 Å². The zero-order valence-electron chi connectivity index (χ0n) is 26.0. The van der Waals surface area contributed by atoms with E-state index in [1.807, 2.05) is 36.4 Å². The maximum Gasteiger partial charge on any atom is 0.334 e. The molecule has 4 amide bonds. The normalized spacial score (nSPS) is 21.0. The molecule has 0 saturated carbocycles. The number of carbonyl (C=O) groups excluding carboxylic acids is 3. The SMILES string of the molecule is CN1CCN(c2ncccc2CN2CC3N(C(=O)CN(C)N3C(=O)NCc3cccc(Br)c3)[C@@H](Cc3ccc(O)cc3)C2=O)CC1. The summed E-state index contributed by atoms with van der Waals surface area (Å²) in [6, 6.07) is 17.0. The molecule has 0 bridgehead atoms. The van der Waals surface area contributed by atoms with Crippen LogP contribution in [0.15, 0.2) is 71.3 Å². The molecule has 4 heterocycles. The third-order valence-electron chi connectivity index (χ3n) is 8.88. The van der Waals surface area contributed by atoms with Gasteiger partial charge in [-0.15, -0.1) is 0 Å². The van der Waals surface area contributed by atoms with E-state index in [0.29, 0.717) is 6.54 Å². The maximum atomic E-state index is 14.3. The van der Waals surface area contributed by atoms with E-state index in [4.69, 9.17) is 4.98 Å². The number of aromatic hydroxyl groups is 1. The topological polar surface area (TPSA) is 116 Å². The van der Waals surface area contributed by atoms with Crippen molar-refractivity contribution in [1.82, 2.24) is 35.0 Å². The number of phenolic OH excluding ortho intramolecular Hbond substituents is 1. The van der Waals surface area contributed by atoms with E-state index in [-0.39, 0.29) is 49.7 Å². The van der Waals surface area contributed by atoms with Gasteiger partial charge in [0, 0.05) is 69.0 Å². The number of hydrogen-bond acceptors (Lipinski definition) is 8. The maximum absolute atomic E-state index is 14.3. The highest BCUT2D eigenvalue weighted by molar-refractivity contribution is 9.10.